The highest BCUT2D eigenvalue weighted by molar-refractivity contribution is 7.89. The van der Waals surface area contributed by atoms with Crippen LogP contribution in [0.3, 0.4) is 0 Å². The van der Waals surface area contributed by atoms with E-state index in [1.165, 1.54) is 4.31 Å². The molecule has 1 amide bonds. The van der Waals surface area contributed by atoms with Gasteiger partial charge in [0.05, 0.1) is 17.4 Å². The minimum atomic E-state index is -3.59. The first kappa shape index (κ1) is 18.7. The van der Waals surface area contributed by atoms with Crippen molar-refractivity contribution >= 4 is 15.9 Å². The maximum atomic E-state index is 12.8. The van der Waals surface area contributed by atoms with Crippen LogP contribution in [0.4, 0.5) is 0 Å². The first-order valence-electron chi connectivity index (χ1n) is 8.38. The highest BCUT2D eigenvalue weighted by atomic mass is 32.2. The van der Waals surface area contributed by atoms with Gasteiger partial charge in [0, 0.05) is 19.1 Å². The summed E-state index contributed by atoms with van der Waals surface area (Å²) >= 11 is 0. The Morgan fingerprint density at radius 2 is 2.00 bits per heavy atom. The molecule has 6 nitrogen and oxygen atoms in total. The molecule has 1 N–H and O–H groups in total. The molecule has 0 bridgehead atoms. The van der Waals surface area contributed by atoms with Gasteiger partial charge in [0.25, 0.3) is 0 Å². The number of carbonyl (C=O) groups is 1. The summed E-state index contributed by atoms with van der Waals surface area (Å²) in [6.45, 7) is 6.88. The summed E-state index contributed by atoms with van der Waals surface area (Å²) in [6, 6.07) is 6.47. The van der Waals surface area contributed by atoms with Crippen LogP contribution in [0.1, 0.15) is 33.6 Å². The average molecular weight is 354 g/mol. The third-order valence-corrected chi connectivity index (χ3v) is 5.84. The zero-order valence-corrected chi connectivity index (χ0v) is 15.3. The summed E-state index contributed by atoms with van der Waals surface area (Å²) < 4.78 is 32.4. The maximum absolute atomic E-state index is 12.8. The molecule has 1 atom stereocenters. The van der Waals surface area contributed by atoms with E-state index in [1.54, 1.807) is 24.3 Å². The Labute approximate surface area is 144 Å². The molecule has 1 saturated heterocycles. The number of nitrogens with one attached hydrogen (secondary N) is 1. The van der Waals surface area contributed by atoms with Crippen LogP contribution >= 0.6 is 0 Å². The lowest BCUT2D eigenvalue weighted by Crippen LogP contribution is -2.46. The van der Waals surface area contributed by atoms with Crippen LogP contribution in [0.5, 0.6) is 5.75 Å². The lowest BCUT2D eigenvalue weighted by Gasteiger charge is -2.31. The van der Waals surface area contributed by atoms with Crippen LogP contribution in [-0.2, 0) is 14.8 Å². The maximum Gasteiger partial charge on any atom is 0.243 e. The van der Waals surface area contributed by atoms with Gasteiger partial charge in [-0.05, 0) is 57.9 Å². The van der Waals surface area contributed by atoms with Gasteiger partial charge < -0.3 is 10.1 Å². The van der Waals surface area contributed by atoms with E-state index in [4.69, 9.17) is 4.74 Å². The number of carbonyl (C=O) groups excluding carboxylic acids is 1. The van der Waals surface area contributed by atoms with Crippen molar-refractivity contribution in [2.75, 3.05) is 19.7 Å². The minimum Gasteiger partial charge on any atom is -0.494 e. The molecule has 0 saturated carbocycles. The zero-order chi connectivity index (χ0) is 17.7. The molecule has 1 aliphatic heterocycles. The van der Waals surface area contributed by atoms with E-state index in [0.717, 1.165) is 0 Å². The van der Waals surface area contributed by atoms with E-state index in [2.05, 4.69) is 5.32 Å². The molecule has 1 aliphatic rings. The molecule has 2 rings (SSSR count). The Bertz CT molecular complexity index is 656. The number of ether oxygens (including phenoxy) is 1. The molecule has 1 fully saturated rings. The van der Waals surface area contributed by atoms with Gasteiger partial charge in [-0.2, -0.15) is 4.31 Å². The van der Waals surface area contributed by atoms with Gasteiger partial charge in [0.15, 0.2) is 0 Å². The van der Waals surface area contributed by atoms with Crippen molar-refractivity contribution in [1.82, 2.24) is 9.62 Å². The zero-order valence-electron chi connectivity index (χ0n) is 14.5. The van der Waals surface area contributed by atoms with Gasteiger partial charge in [-0.3, -0.25) is 4.79 Å². The fourth-order valence-electron chi connectivity index (χ4n) is 2.80. The Morgan fingerprint density at radius 1 is 1.33 bits per heavy atom. The van der Waals surface area contributed by atoms with Gasteiger partial charge >= 0.3 is 0 Å². The van der Waals surface area contributed by atoms with E-state index in [1.807, 2.05) is 20.8 Å². The molecule has 7 heteroatoms. The largest absolute Gasteiger partial charge is 0.494 e. The van der Waals surface area contributed by atoms with Crippen molar-refractivity contribution < 1.29 is 17.9 Å². The molecule has 0 aliphatic carbocycles. The molecule has 0 radical (unpaired) electrons. The molecule has 134 valence electrons. The second-order valence-corrected chi connectivity index (χ2v) is 8.21. The van der Waals surface area contributed by atoms with E-state index >= 15 is 0 Å². The number of amides is 1. The molecule has 0 aromatic heterocycles. The minimum absolute atomic E-state index is 0.0515. The Balaban J connectivity index is 2.12. The normalized spacial score (nSPS) is 19.2. The van der Waals surface area contributed by atoms with Crippen molar-refractivity contribution in [2.45, 2.75) is 44.6 Å². The van der Waals surface area contributed by atoms with Crippen LogP contribution in [0.15, 0.2) is 29.2 Å². The fourth-order valence-corrected chi connectivity index (χ4v) is 4.32. The Morgan fingerprint density at radius 3 is 2.58 bits per heavy atom. The first-order chi connectivity index (χ1) is 11.3. The van der Waals surface area contributed by atoms with Crippen LogP contribution in [0.2, 0.25) is 0 Å². The van der Waals surface area contributed by atoms with Crippen LogP contribution in [0.25, 0.3) is 0 Å². The van der Waals surface area contributed by atoms with Crippen molar-refractivity contribution in [1.29, 1.82) is 0 Å². The third kappa shape index (κ3) is 4.48. The summed E-state index contributed by atoms with van der Waals surface area (Å²) in [4.78, 5) is 12.4. The number of hydrogen-bond acceptors (Lipinski definition) is 4. The summed E-state index contributed by atoms with van der Waals surface area (Å²) in [6.07, 6.45) is 1.40. The van der Waals surface area contributed by atoms with E-state index in [0.29, 0.717) is 31.7 Å². The van der Waals surface area contributed by atoms with Gasteiger partial charge in [0.2, 0.25) is 15.9 Å². The SMILES string of the molecule is CCOc1ccc(S(=O)(=O)N2CCCC(C(=O)NC(C)C)C2)cc1. The summed E-state index contributed by atoms with van der Waals surface area (Å²) in [5.41, 5.74) is 0. The lowest BCUT2D eigenvalue weighted by atomic mass is 9.98. The highest BCUT2D eigenvalue weighted by Gasteiger charge is 2.33. The standard InChI is InChI=1S/C17H26N2O4S/c1-4-23-15-7-9-16(10-8-15)24(21,22)19-11-5-6-14(12-19)17(20)18-13(2)3/h7-10,13-14H,4-6,11-12H2,1-3H3,(H,18,20). The summed E-state index contributed by atoms with van der Waals surface area (Å²) in [5, 5.41) is 2.87. The van der Waals surface area contributed by atoms with Gasteiger partial charge in [-0.1, -0.05) is 0 Å². The molecule has 1 unspecified atom stereocenters. The van der Waals surface area contributed by atoms with E-state index in [-0.39, 0.29) is 29.3 Å². The number of hydrogen-bond donors (Lipinski definition) is 1. The quantitative estimate of drug-likeness (QED) is 0.848. The second kappa shape index (κ2) is 7.98. The number of nitrogens with zero attached hydrogens (tertiary/aromatic N) is 1. The van der Waals surface area contributed by atoms with E-state index in [9.17, 15) is 13.2 Å². The van der Waals surface area contributed by atoms with Gasteiger partial charge in [-0.25, -0.2) is 8.42 Å². The molecule has 0 spiro atoms. The Hall–Kier alpha value is -1.60. The van der Waals surface area contributed by atoms with E-state index < -0.39 is 10.0 Å². The average Bonchev–Trinajstić information content (AvgIpc) is 2.55. The molecular formula is C17H26N2O4S. The van der Waals surface area contributed by atoms with Crippen molar-refractivity contribution in [3.05, 3.63) is 24.3 Å². The molecule has 24 heavy (non-hydrogen) atoms. The smallest absolute Gasteiger partial charge is 0.243 e. The highest BCUT2D eigenvalue weighted by Crippen LogP contribution is 2.25. The Kier molecular flexibility index (Phi) is 6.23. The number of piperidine rings is 1. The number of sulfonamides is 1. The monoisotopic (exact) mass is 354 g/mol. The lowest BCUT2D eigenvalue weighted by molar-refractivity contribution is -0.126. The van der Waals surface area contributed by atoms with Crippen molar-refractivity contribution in [3.8, 4) is 5.75 Å². The van der Waals surface area contributed by atoms with Crippen molar-refractivity contribution in [3.63, 3.8) is 0 Å². The van der Waals surface area contributed by atoms with Gasteiger partial charge in [-0.15, -0.1) is 0 Å². The summed E-state index contributed by atoms with van der Waals surface area (Å²) in [7, 11) is -3.59. The van der Waals surface area contributed by atoms with Crippen LogP contribution < -0.4 is 10.1 Å². The predicted molar refractivity (Wildman–Crippen MR) is 92.4 cm³/mol. The summed E-state index contributed by atoms with van der Waals surface area (Å²) in [5.74, 6) is 0.277. The van der Waals surface area contributed by atoms with Crippen LogP contribution in [0, 0.1) is 5.92 Å². The molecule has 1 aromatic rings. The number of benzene rings is 1. The van der Waals surface area contributed by atoms with Gasteiger partial charge in [0.1, 0.15) is 5.75 Å². The van der Waals surface area contributed by atoms with Crippen molar-refractivity contribution in [2.24, 2.45) is 5.92 Å². The number of rotatable bonds is 6. The molecule has 1 aromatic carbocycles. The molecular weight excluding hydrogens is 328 g/mol. The first-order valence-corrected chi connectivity index (χ1v) is 9.82. The third-order valence-electron chi connectivity index (χ3n) is 3.96. The second-order valence-electron chi connectivity index (χ2n) is 6.27. The topological polar surface area (TPSA) is 75.7 Å². The fraction of sp³-hybridized carbons (Fsp3) is 0.588. The van der Waals surface area contributed by atoms with Crippen LogP contribution in [-0.4, -0.2) is 44.4 Å². The predicted octanol–water partition coefficient (Wildman–Crippen LogP) is 2.01. The molecule has 1 heterocycles.